The molecule has 0 bridgehead atoms. The van der Waals surface area contributed by atoms with Crippen LogP contribution < -0.4 is 5.32 Å². The molecule has 0 aromatic rings. The van der Waals surface area contributed by atoms with E-state index in [0.717, 1.165) is 52.1 Å². The fourth-order valence-electron chi connectivity index (χ4n) is 2.35. The van der Waals surface area contributed by atoms with Crippen LogP contribution in [0.4, 0.5) is 0 Å². The molecular formula is C10H21N3O2S. The average Bonchev–Trinajstić information content (AvgIpc) is 2.60. The summed E-state index contributed by atoms with van der Waals surface area (Å²) in [6.07, 6.45) is 1.76. The number of hydrogen-bond acceptors (Lipinski definition) is 4. The van der Waals surface area contributed by atoms with Gasteiger partial charge in [-0.15, -0.1) is 0 Å². The van der Waals surface area contributed by atoms with Crippen molar-refractivity contribution in [1.29, 1.82) is 0 Å². The summed E-state index contributed by atoms with van der Waals surface area (Å²) in [6.45, 7) is 6.74. The van der Waals surface area contributed by atoms with Crippen molar-refractivity contribution in [3.8, 4) is 0 Å². The van der Waals surface area contributed by atoms with Crippen LogP contribution in [0.1, 0.15) is 12.8 Å². The van der Waals surface area contributed by atoms with E-state index in [2.05, 4.69) is 10.2 Å². The van der Waals surface area contributed by atoms with E-state index in [1.54, 1.807) is 4.31 Å². The largest absolute Gasteiger partial charge is 0.314 e. The van der Waals surface area contributed by atoms with Gasteiger partial charge in [-0.25, -0.2) is 12.7 Å². The molecule has 1 N–H and O–H groups in total. The van der Waals surface area contributed by atoms with Gasteiger partial charge in [0.15, 0.2) is 0 Å². The normalized spacial score (nSPS) is 27.2. The molecule has 6 heteroatoms. The number of nitrogens with zero attached hydrogens (tertiary/aromatic N) is 2. The smallest absolute Gasteiger partial charge is 0.214 e. The van der Waals surface area contributed by atoms with Gasteiger partial charge in [-0.05, 0) is 19.4 Å². The summed E-state index contributed by atoms with van der Waals surface area (Å²) in [5.41, 5.74) is 0. The zero-order valence-corrected chi connectivity index (χ0v) is 10.5. The van der Waals surface area contributed by atoms with Gasteiger partial charge in [-0.2, -0.15) is 0 Å². The maximum Gasteiger partial charge on any atom is 0.214 e. The van der Waals surface area contributed by atoms with Crippen molar-refractivity contribution < 1.29 is 8.42 Å². The predicted octanol–water partition coefficient (Wildman–Crippen LogP) is -0.683. The third-order valence-electron chi connectivity index (χ3n) is 3.29. The van der Waals surface area contributed by atoms with Crippen LogP contribution >= 0.6 is 0 Å². The molecule has 94 valence electrons. The highest BCUT2D eigenvalue weighted by Crippen LogP contribution is 2.13. The van der Waals surface area contributed by atoms with Crippen LogP contribution in [-0.4, -0.2) is 69.2 Å². The molecule has 2 fully saturated rings. The Balaban J connectivity index is 1.67. The van der Waals surface area contributed by atoms with E-state index in [1.807, 2.05) is 0 Å². The van der Waals surface area contributed by atoms with Crippen molar-refractivity contribution >= 4 is 10.0 Å². The minimum Gasteiger partial charge on any atom is -0.314 e. The van der Waals surface area contributed by atoms with Crippen molar-refractivity contribution in [2.24, 2.45) is 0 Å². The first-order valence-corrected chi connectivity index (χ1v) is 7.70. The van der Waals surface area contributed by atoms with E-state index in [9.17, 15) is 8.42 Å². The van der Waals surface area contributed by atoms with Crippen molar-refractivity contribution in [2.45, 2.75) is 12.8 Å². The fourth-order valence-corrected chi connectivity index (χ4v) is 3.91. The second-order valence-corrected chi connectivity index (χ2v) is 6.60. The molecular weight excluding hydrogens is 226 g/mol. The van der Waals surface area contributed by atoms with Crippen LogP contribution in [0.2, 0.25) is 0 Å². The summed E-state index contributed by atoms with van der Waals surface area (Å²) in [4.78, 5) is 2.40. The SMILES string of the molecule is O=S1(=O)CCCN1CCCN1CCNCC1. The first-order valence-electron chi connectivity index (χ1n) is 6.09. The third kappa shape index (κ3) is 3.16. The number of hydrogen-bond donors (Lipinski definition) is 1. The number of nitrogens with one attached hydrogen (secondary N) is 1. The summed E-state index contributed by atoms with van der Waals surface area (Å²) in [6, 6.07) is 0. The Morgan fingerprint density at radius 2 is 1.81 bits per heavy atom. The van der Waals surface area contributed by atoms with Crippen LogP contribution in [-0.2, 0) is 10.0 Å². The lowest BCUT2D eigenvalue weighted by Crippen LogP contribution is -2.44. The topological polar surface area (TPSA) is 52.7 Å². The van der Waals surface area contributed by atoms with Crippen molar-refractivity contribution in [3.63, 3.8) is 0 Å². The summed E-state index contributed by atoms with van der Waals surface area (Å²) < 4.78 is 24.7. The lowest BCUT2D eigenvalue weighted by molar-refractivity contribution is 0.232. The average molecular weight is 247 g/mol. The summed E-state index contributed by atoms with van der Waals surface area (Å²) >= 11 is 0. The molecule has 2 aliphatic heterocycles. The van der Waals surface area contributed by atoms with Crippen molar-refractivity contribution in [3.05, 3.63) is 0 Å². The Morgan fingerprint density at radius 3 is 2.44 bits per heavy atom. The van der Waals surface area contributed by atoms with Crippen LogP contribution in [0.5, 0.6) is 0 Å². The minimum atomic E-state index is -2.89. The molecule has 0 radical (unpaired) electrons. The van der Waals surface area contributed by atoms with Crippen molar-refractivity contribution in [2.75, 3.05) is 51.6 Å². The van der Waals surface area contributed by atoms with Crippen LogP contribution in [0, 0.1) is 0 Å². The molecule has 0 amide bonds. The van der Waals surface area contributed by atoms with E-state index >= 15 is 0 Å². The van der Waals surface area contributed by atoms with Gasteiger partial charge in [-0.1, -0.05) is 0 Å². The standard InChI is InChI=1S/C10H21N3O2S/c14-16(15)10-2-7-13(16)6-1-5-12-8-3-11-4-9-12/h11H,1-10H2. The quantitative estimate of drug-likeness (QED) is 0.715. The van der Waals surface area contributed by atoms with Crippen LogP contribution in [0.15, 0.2) is 0 Å². The highest BCUT2D eigenvalue weighted by molar-refractivity contribution is 7.89. The first kappa shape index (κ1) is 12.3. The molecule has 0 aromatic carbocycles. The molecule has 5 nitrogen and oxygen atoms in total. The molecule has 0 aliphatic carbocycles. The van der Waals surface area contributed by atoms with Gasteiger partial charge in [0, 0.05) is 39.3 Å². The molecule has 0 saturated carbocycles. The second kappa shape index (κ2) is 5.44. The van der Waals surface area contributed by atoms with Gasteiger partial charge in [-0.3, -0.25) is 0 Å². The minimum absolute atomic E-state index is 0.348. The van der Waals surface area contributed by atoms with E-state index in [-0.39, 0.29) is 0 Å². The summed E-state index contributed by atoms with van der Waals surface area (Å²) in [5, 5.41) is 3.31. The predicted molar refractivity (Wildman–Crippen MR) is 63.9 cm³/mol. The Kier molecular flexibility index (Phi) is 4.18. The molecule has 2 saturated heterocycles. The molecule has 2 heterocycles. The maximum absolute atomic E-state index is 11.5. The Labute approximate surface area is 97.8 Å². The molecule has 2 aliphatic rings. The zero-order valence-electron chi connectivity index (χ0n) is 9.69. The molecule has 0 spiro atoms. The van der Waals surface area contributed by atoms with Gasteiger partial charge < -0.3 is 10.2 Å². The Bertz CT molecular complexity index is 312. The van der Waals surface area contributed by atoms with Gasteiger partial charge in [0.05, 0.1) is 5.75 Å². The van der Waals surface area contributed by atoms with E-state index in [4.69, 9.17) is 0 Å². The molecule has 0 atom stereocenters. The van der Waals surface area contributed by atoms with Gasteiger partial charge >= 0.3 is 0 Å². The first-order chi connectivity index (χ1) is 7.68. The molecule has 0 aromatic heterocycles. The maximum atomic E-state index is 11.5. The summed E-state index contributed by atoms with van der Waals surface area (Å²) in [5.74, 6) is 0.348. The van der Waals surface area contributed by atoms with E-state index in [0.29, 0.717) is 12.3 Å². The summed E-state index contributed by atoms with van der Waals surface area (Å²) in [7, 11) is -2.89. The highest BCUT2D eigenvalue weighted by atomic mass is 32.2. The number of rotatable bonds is 4. The van der Waals surface area contributed by atoms with Crippen LogP contribution in [0.25, 0.3) is 0 Å². The lowest BCUT2D eigenvalue weighted by Gasteiger charge is -2.27. The second-order valence-electron chi connectivity index (χ2n) is 4.51. The number of sulfonamides is 1. The monoisotopic (exact) mass is 247 g/mol. The zero-order chi connectivity index (χ0) is 11.4. The number of piperazine rings is 1. The molecule has 0 unspecified atom stereocenters. The third-order valence-corrected chi connectivity index (χ3v) is 5.25. The lowest BCUT2D eigenvalue weighted by atomic mass is 10.3. The fraction of sp³-hybridized carbons (Fsp3) is 1.00. The van der Waals surface area contributed by atoms with Gasteiger partial charge in [0.1, 0.15) is 0 Å². The van der Waals surface area contributed by atoms with Gasteiger partial charge in [0.25, 0.3) is 0 Å². The van der Waals surface area contributed by atoms with Crippen LogP contribution in [0.3, 0.4) is 0 Å². The van der Waals surface area contributed by atoms with Gasteiger partial charge in [0.2, 0.25) is 10.0 Å². The molecule has 16 heavy (non-hydrogen) atoms. The molecule has 2 rings (SSSR count). The Morgan fingerprint density at radius 1 is 1.06 bits per heavy atom. The van der Waals surface area contributed by atoms with Crippen molar-refractivity contribution in [1.82, 2.24) is 14.5 Å². The Hall–Kier alpha value is -0.170. The highest BCUT2D eigenvalue weighted by Gasteiger charge is 2.27. The van der Waals surface area contributed by atoms with E-state index < -0.39 is 10.0 Å². The van der Waals surface area contributed by atoms with E-state index in [1.165, 1.54) is 0 Å².